The lowest BCUT2D eigenvalue weighted by atomic mass is 10.1. The molecule has 16 heavy (non-hydrogen) atoms. The molecule has 2 nitrogen and oxygen atoms in total. The van der Waals surface area contributed by atoms with Crippen molar-refractivity contribution in [1.82, 2.24) is 4.98 Å². The van der Waals surface area contributed by atoms with E-state index in [1.807, 2.05) is 25.1 Å². The molecule has 0 atom stereocenters. The van der Waals surface area contributed by atoms with E-state index in [9.17, 15) is 4.79 Å². The number of benzene rings is 1. The number of hydrogen-bond acceptors (Lipinski definition) is 2. The van der Waals surface area contributed by atoms with E-state index < -0.39 is 0 Å². The number of carbonyl (C=O) groups is 1. The molecule has 0 radical (unpaired) electrons. The van der Waals surface area contributed by atoms with Gasteiger partial charge in [-0.15, -0.1) is 0 Å². The molecular weight excluding hydrogens is 266 g/mol. The van der Waals surface area contributed by atoms with Crippen molar-refractivity contribution in [2.24, 2.45) is 0 Å². The average Bonchev–Trinajstić information content (AvgIpc) is 2.18. The van der Waals surface area contributed by atoms with Crippen molar-refractivity contribution in [3.8, 4) is 0 Å². The number of halogens is 1. The molecule has 0 aliphatic heterocycles. The number of nitrogens with zero attached hydrogens (tertiary/aromatic N) is 1. The predicted octanol–water partition coefficient (Wildman–Crippen LogP) is 3.44. The number of pyridine rings is 1. The number of Topliss-reactive ketones (excluding diaryl/α,β-unsaturated/α-hetero) is 1. The molecule has 0 spiro atoms. The molecule has 0 saturated carbocycles. The Morgan fingerprint density at radius 2 is 2.12 bits per heavy atom. The smallest absolute Gasteiger partial charge is 0.135 e. The van der Waals surface area contributed by atoms with Gasteiger partial charge in [-0.05, 0) is 43.7 Å². The summed E-state index contributed by atoms with van der Waals surface area (Å²) in [6.45, 7) is 3.63. The molecule has 0 aliphatic rings. The van der Waals surface area contributed by atoms with Crippen LogP contribution in [-0.4, -0.2) is 10.8 Å². The molecule has 1 aromatic heterocycles. The van der Waals surface area contributed by atoms with Gasteiger partial charge in [-0.2, -0.15) is 0 Å². The van der Waals surface area contributed by atoms with E-state index in [4.69, 9.17) is 0 Å². The van der Waals surface area contributed by atoms with Crippen LogP contribution >= 0.6 is 15.9 Å². The molecule has 0 N–H and O–H groups in total. The standard InChI is InChI=1S/C13H12BrNO/c1-8-5-11(6-9(2)16)15-13-4-3-10(14)7-12(8)13/h3-5,7H,6H2,1-2H3. The second-order valence-corrected chi connectivity index (χ2v) is 4.89. The van der Waals surface area contributed by atoms with Gasteiger partial charge in [0.2, 0.25) is 0 Å². The maximum Gasteiger partial charge on any atom is 0.135 e. The van der Waals surface area contributed by atoms with E-state index in [0.717, 1.165) is 26.6 Å². The fraction of sp³-hybridized carbons (Fsp3) is 0.231. The maximum absolute atomic E-state index is 11.1. The molecule has 2 aromatic rings. The van der Waals surface area contributed by atoms with Crippen molar-refractivity contribution < 1.29 is 4.79 Å². The van der Waals surface area contributed by atoms with Crippen LogP contribution in [0.25, 0.3) is 10.9 Å². The number of fused-ring (bicyclic) bond motifs is 1. The number of ketones is 1. The summed E-state index contributed by atoms with van der Waals surface area (Å²) in [5.41, 5.74) is 2.95. The predicted molar refractivity (Wildman–Crippen MR) is 68.6 cm³/mol. The number of rotatable bonds is 2. The summed E-state index contributed by atoms with van der Waals surface area (Å²) >= 11 is 3.44. The van der Waals surface area contributed by atoms with Crippen molar-refractivity contribution in [3.05, 3.63) is 40.0 Å². The summed E-state index contributed by atoms with van der Waals surface area (Å²) in [4.78, 5) is 15.5. The highest BCUT2D eigenvalue weighted by Crippen LogP contribution is 2.22. The van der Waals surface area contributed by atoms with Crippen LogP contribution in [0.1, 0.15) is 18.2 Å². The van der Waals surface area contributed by atoms with Gasteiger partial charge in [0.15, 0.2) is 0 Å². The van der Waals surface area contributed by atoms with Gasteiger partial charge in [-0.1, -0.05) is 15.9 Å². The third-order valence-corrected chi connectivity index (χ3v) is 2.95. The molecule has 0 saturated heterocycles. The van der Waals surface area contributed by atoms with Crippen molar-refractivity contribution in [2.45, 2.75) is 20.3 Å². The average molecular weight is 278 g/mol. The van der Waals surface area contributed by atoms with Gasteiger partial charge < -0.3 is 0 Å². The second kappa shape index (κ2) is 4.34. The zero-order chi connectivity index (χ0) is 11.7. The Morgan fingerprint density at radius 1 is 1.38 bits per heavy atom. The first-order valence-electron chi connectivity index (χ1n) is 5.11. The molecule has 0 aliphatic carbocycles. The van der Waals surface area contributed by atoms with Crippen LogP contribution in [0.4, 0.5) is 0 Å². The Hall–Kier alpha value is -1.22. The van der Waals surface area contributed by atoms with Gasteiger partial charge in [0.25, 0.3) is 0 Å². The van der Waals surface area contributed by atoms with Gasteiger partial charge in [0.05, 0.1) is 5.52 Å². The van der Waals surface area contributed by atoms with Gasteiger partial charge in [0, 0.05) is 22.0 Å². The minimum Gasteiger partial charge on any atom is -0.300 e. The summed E-state index contributed by atoms with van der Waals surface area (Å²) < 4.78 is 1.05. The van der Waals surface area contributed by atoms with Crippen LogP contribution in [0.2, 0.25) is 0 Å². The van der Waals surface area contributed by atoms with Crippen molar-refractivity contribution in [2.75, 3.05) is 0 Å². The molecule has 0 fully saturated rings. The van der Waals surface area contributed by atoms with Gasteiger partial charge in [-0.3, -0.25) is 9.78 Å². The van der Waals surface area contributed by atoms with Crippen LogP contribution in [-0.2, 0) is 11.2 Å². The van der Waals surface area contributed by atoms with Crippen LogP contribution in [0.3, 0.4) is 0 Å². The Kier molecular flexibility index (Phi) is 3.06. The number of carbonyl (C=O) groups excluding carboxylic acids is 1. The van der Waals surface area contributed by atoms with Crippen molar-refractivity contribution in [3.63, 3.8) is 0 Å². The monoisotopic (exact) mass is 277 g/mol. The maximum atomic E-state index is 11.1. The highest BCUT2D eigenvalue weighted by Gasteiger charge is 2.05. The van der Waals surface area contributed by atoms with E-state index in [2.05, 4.69) is 27.0 Å². The molecule has 0 unspecified atom stereocenters. The number of aryl methyl sites for hydroxylation is 1. The van der Waals surface area contributed by atoms with Gasteiger partial charge in [0.1, 0.15) is 5.78 Å². The van der Waals surface area contributed by atoms with Crippen LogP contribution in [0.5, 0.6) is 0 Å². The van der Waals surface area contributed by atoms with E-state index in [0.29, 0.717) is 6.42 Å². The van der Waals surface area contributed by atoms with E-state index >= 15 is 0 Å². The molecule has 0 amide bonds. The lowest BCUT2D eigenvalue weighted by Gasteiger charge is -2.05. The largest absolute Gasteiger partial charge is 0.300 e. The quantitative estimate of drug-likeness (QED) is 0.842. The fourth-order valence-electron chi connectivity index (χ4n) is 1.78. The topological polar surface area (TPSA) is 30.0 Å². The van der Waals surface area contributed by atoms with E-state index in [1.54, 1.807) is 6.92 Å². The second-order valence-electron chi connectivity index (χ2n) is 3.97. The SMILES string of the molecule is CC(=O)Cc1cc(C)c2cc(Br)ccc2n1. The summed E-state index contributed by atoms with van der Waals surface area (Å²) in [6, 6.07) is 7.97. The Bertz CT molecular complexity index is 563. The molecular formula is C13H12BrNO. The van der Waals surface area contributed by atoms with Crippen molar-refractivity contribution >= 4 is 32.6 Å². The Labute approximate surface area is 103 Å². The normalized spacial score (nSPS) is 10.7. The number of aromatic nitrogens is 1. The van der Waals surface area contributed by atoms with E-state index in [1.165, 1.54) is 0 Å². The zero-order valence-corrected chi connectivity index (χ0v) is 10.8. The molecule has 2 rings (SSSR count). The summed E-state index contributed by atoms with van der Waals surface area (Å²) in [7, 11) is 0. The zero-order valence-electron chi connectivity index (χ0n) is 9.25. The van der Waals surface area contributed by atoms with E-state index in [-0.39, 0.29) is 5.78 Å². The molecule has 82 valence electrons. The molecule has 1 aromatic carbocycles. The lowest BCUT2D eigenvalue weighted by Crippen LogP contribution is -2.00. The molecule has 1 heterocycles. The first-order valence-corrected chi connectivity index (χ1v) is 5.91. The summed E-state index contributed by atoms with van der Waals surface area (Å²) in [5, 5.41) is 1.13. The lowest BCUT2D eigenvalue weighted by molar-refractivity contribution is -0.116. The van der Waals surface area contributed by atoms with Gasteiger partial charge >= 0.3 is 0 Å². The van der Waals surface area contributed by atoms with Crippen LogP contribution in [0, 0.1) is 6.92 Å². The summed E-state index contributed by atoms with van der Waals surface area (Å²) in [5.74, 6) is 0.142. The highest BCUT2D eigenvalue weighted by molar-refractivity contribution is 9.10. The minimum absolute atomic E-state index is 0.142. The first-order chi connectivity index (χ1) is 7.56. The number of hydrogen-bond donors (Lipinski definition) is 0. The Balaban J connectivity index is 2.59. The fourth-order valence-corrected chi connectivity index (χ4v) is 2.14. The third-order valence-electron chi connectivity index (χ3n) is 2.46. The highest BCUT2D eigenvalue weighted by atomic mass is 79.9. The Morgan fingerprint density at radius 3 is 2.81 bits per heavy atom. The molecule has 0 bridgehead atoms. The van der Waals surface area contributed by atoms with Crippen molar-refractivity contribution in [1.29, 1.82) is 0 Å². The minimum atomic E-state index is 0.142. The third kappa shape index (κ3) is 2.30. The van der Waals surface area contributed by atoms with Gasteiger partial charge in [-0.25, -0.2) is 0 Å². The first kappa shape index (κ1) is 11.3. The van der Waals surface area contributed by atoms with Crippen LogP contribution in [0.15, 0.2) is 28.7 Å². The molecule has 3 heteroatoms. The summed E-state index contributed by atoms with van der Waals surface area (Å²) in [6.07, 6.45) is 0.410. The van der Waals surface area contributed by atoms with Crippen LogP contribution < -0.4 is 0 Å².